The quantitative estimate of drug-likeness (QED) is 0.518. The van der Waals surface area contributed by atoms with Crippen molar-refractivity contribution in [1.82, 2.24) is 0 Å². The Morgan fingerprint density at radius 1 is 1.10 bits per heavy atom. The highest BCUT2D eigenvalue weighted by molar-refractivity contribution is 5.53. The number of carbonyl (C=O) groups is 1. The third-order valence-electron chi connectivity index (χ3n) is 3.62. The van der Waals surface area contributed by atoms with Crippen LogP contribution < -0.4 is 9.47 Å². The van der Waals surface area contributed by atoms with Crippen LogP contribution >= 0.6 is 0 Å². The van der Waals surface area contributed by atoms with E-state index in [1.54, 1.807) is 21.3 Å². The molecular formula is C16H24O5. The predicted molar refractivity (Wildman–Crippen MR) is 79.6 cm³/mol. The van der Waals surface area contributed by atoms with Crippen molar-refractivity contribution in [3.05, 3.63) is 23.8 Å². The summed E-state index contributed by atoms with van der Waals surface area (Å²) in [5.74, 6) is 1.17. The summed E-state index contributed by atoms with van der Waals surface area (Å²) >= 11 is 0. The molecule has 0 aliphatic rings. The van der Waals surface area contributed by atoms with Crippen molar-refractivity contribution in [2.45, 2.75) is 20.0 Å². The second-order valence-electron chi connectivity index (χ2n) is 4.96. The van der Waals surface area contributed by atoms with Gasteiger partial charge in [0.05, 0.1) is 20.3 Å². The van der Waals surface area contributed by atoms with Gasteiger partial charge in [0.2, 0.25) is 0 Å². The van der Waals surface area contributed by atoms with Gasteiger partial charge in [-0.2, -0.15) is 0 Å². The first kappa shape index (κ1) is 17.5. The summed E-state index contributed by atoms with van der Waals surface area (Å²) in [6.07, 6.45) is 0.680. The third-order valence-corrected chi connectivity index (χ3v) is 3.62. The lowest BCUT2D eigenvalue weighted by molar-refractivity contribution is -0.120. The van der Waals surface area contributed by atoms with E-state index in [-0.39, 0.29) is 24.7 Å². The Bertz CT molecular complexity index is 446. The van der Waals surface area contributed by atoms with Gasteiger partial charge in [-0.3, -0.25) is 0 Å². The van der Waals surface area contributed by atoms with E-state index in [9.17, 15) is 4.79 Å². The standard InChI is InChI=1S/C16H24O5/c1-11(9-17)12(2)16(21-10-18-3)13-6-7-14(19-4)15(8-13)20-5/h6-9,11-12,16H,10H2,1-5H3/t11-,12+,16+/m0/s1. The average Bonchev–Trinajstić information content (AvgIpc) is 2.53. The fourth-order valence-corrected chi connectivity index (χ4v) is 2.12. The van der Waals surface area contributed by atoms with Crippen molar-refractivity contribution in [3.8, 4) is 11.5 Å². The second kappa shape index (κ2) is 8.64. The van der Waals surface area contributed by atoms with Crippen molar-refractivity contribution in [3.63, 3.8) is 0 Å². The molecule has 0 aliphatic carbocycles. The first-order valence-electron chi connectivity index (χ1n) is 6.86. The minimum absolute atomic E-state index is 0.00995. The van der Waals surface area contributed by atoms with E-state index in [4.69, 9.17) is 18.9 Å². The summed E-state index contributed by atoms with van der Waals surface area (Å²) in [5.41, 5.74) is 0.922. The molecular weight excluding hydrogens is 272 g/mol. The van der Waals surface area contributed by atoms with E-state index in [0.29, 0.717) is 11.5 Å². The van der Waals surface area contributed by atoms with E-state index in [1.807, 2.05) is 32.0 Å². The number of ether oxygens (including phenoxy) is 4. The van der Waals surface area contributed by atoms with E-state index < -0.39 is 0 Å². The molecule has 0 amide bonds. The van der Waals surface area contributed by atoms with Gasteiger partial charge in [-0.15, -0.1) is 0 Å². The third kappa shape index (κ3) is 4.44. The highest BCUT2D eigenvalue weighted by atomic mass is 16.7. The maximum atomic E-state index is 11.0. The first-order chi connectivity index (χ1) is 10.1. The zero-order valence-electron chi connectivity index (χ0n) is 13.3. The number of methoxy groups -OCH3 is 3. The van der Waals surface area contributed by atoms with Crippen LogP contribution in [0.3, 0.4) is 0 Å². The van der Waals surface area contributed by atoms with Crippen LogP contribution in [0.1, 0.15) is 25.5 Å². The van der Waals surface area contributed by atoms with Gasteiger partial charge in [0.1, 0.15) is 13.1 Å². The van der Waals surface area contributed by atoms with Crippen molar-refractivity contribution in [2.75, 3.05) is 28.1 Å². The average molecular weight is 296 g/mol. The molecule has 0 heterocycles. The fraction of sp³-hybridized carbons (Fsp3) is 0.562. The first-order valence-corrected chi connectivity index (χ1v) is 6.86. The largest absolute Gasteiger partial charge is 0.493 e. The summed E-state index contributed by atoms with van der Waals surface area (Å²) in [7, 11) is 4.75. The Labute approximate surface area is 126 Å². The van der Waals surface area contributed by atoms with Gasteiger partial charge in [0, 0.05) is 13.0 Å². The molecule has 5 nitrogen and oxygen atoms in total. The van der Waals surface area contributed by atoms with Crippen LogP contribution in [-0.4, -0.2) is 34.4 Å². The Morgan fingerprint density at radius 3 is 2.29 bits per heavy atom. The van der Waals surface area contributed by atoms with E-state index in [2.05, 4.69) is 0 Å². The van der Waals surface area contributed by atoms with Crippen LogP contribution in [0.15, 0.2) is 18.2 Å². The summed E-state index contributed by atoms with van der Waals surface area (Å²) in [4.78, 5) is 11.0. The minimum atomic E-state index is -0.259. The Balaban J connectivity index is 3.09. The number of hydrogen-bond acceptors (Lipinski definition) is 5. The maximum Gasteiger partial charge on any atom is 0.161 e. The lowest BCUT2D eigenvalue weighted by Crippen LogP contribution is -2.22. The Kier molecular flexibility index (Phi) is 7.19. The van der Waals surface area contributed by atoms with Crippen molar-refractivity contribution in [1.29, 1.82) is 0 Å². The molecule has 1 aromatic rings. The SMILES string of the molecule is COCO[C@@H](c1ccc(OC)c(OC)c1)[C@H](C)[C@@H](C)C=O. The van der Waals surface area contributed by atoms with Crippen LogP contribution in [0, 0.1) is 11.8 Å². The molecule has 3 atom stereocenters. The molecule has 0 saturated heterocycles. The van der Waals surface area contributed by atoms with Gasteiger partial charge >= 0.3 is 0 Å². The highest BCUT2D eigenvalue weighted by Gasteiger charge is 2.26. The minimum Gasteiger partial charge on any atom is -0.493 e. The van der Waals surface area contributed by atoms with Gasteiger partial charge < -0.3 is 23.7 Å². The number of benzene rings is 1. The molecule has 0 N–H and O–H groups in total. The van der Waals surface area contributed by atoms with Crippen LogP contribution in [0.25, 0.3) is 0 Å². The Morgan fingerprint density at radius 2 is 1.76 bits per heavy atom. The van der Waals surface area contributed by atoms with E-state index in [0.717, 1.165) is 11.8 Å². The van der Waals surface area contributed by atoms with Gasteiger partial charge in [0.15, 0.2) is 11.5 Å². The maximum absolute atomic E-state index is 11.0. The predicted octanol–water partition coefficient (Wildman–Crippen LogP) is 2.84. The summed E-state index contributed by atoms with van der Waals surface area (Å²) in [6.45, 7) is 4.02. The van der Waals surface area contributed by atoms with Crippen LogP contribution in [0.5, 0.6) is 11.5 Å². The topological polar surface area (TPSA) is 54.0 Å². The van der Waals surface area contributed by atoms with E-state index in [1.165, 1.54) is 0 Å². The van der Waals surface area contributed by atoms with Gasteiger partial charge in [-0.25, -0.2) is 0 Å². The zero-order chi connectivity index (χ0) is 15.8. The monoisotopic (exact) mass is 296 g/mol. The number of hydrogen-bond donors (Lipinski definition) is 0. The fourth-order valence-electron chi connectivity index (χ4n) is 2.12. The molecule has 0 radical (unpaired) electrons. The number of carbonyl (C=O) groups excluding carboxylic acids is 1. The van der Waals surface area contributed by atoms with Crippen molar-refractivity contribution in [2.24, 2.45) is 11.8 Å². The normalized spacial score (nSPS) is 15.1. The van der Waals surface area contributed by atoms with Gasteiger partial charge in [0.25, 0.3) is 0 Å². The molecule has 1 aromatic carbocycles. The molecule has 0 bridgehead atoms. The molecule has 1 rings (SSSR count). The lowest BCUT2D eigenvalue weighted by Gasteiger charge is -2.27. The highest BCUT2D eigenvalue weighted by Crippen LogP contribution is 2.36. The molecule has 21 heavy (non-hydrogen) atoms. The molecule has 0 fully saturated rings. The van der Waals surface area contributed by atoms with Crippen molar-refractivity contribution >= 4 is 6.29 Å². The molecule has 0 aliphatic heterocycles. The number of rotatable bonds is 9. The van der Waals surface area contributed by atoms with Crippen molar-refractivity contribution < 1.29 is 23.7 Å². The summed E-state index contributed by atoms with van der Waals surface area (Å²) < 4.78 is 21.3. The summed E-state index contributed by atoms with van der Waals surface area (Å²) in [6, 6.07) is 5.61. The Hall–Kier alpha value is -1.59. The van der Waals surface area contributed by atoms with Gasteiger partial charge in [-0.1, -0.05) is 19.9 Å². The lowest BCUT2D eigenvalue weighted by atomic mass is 9.87. The molecule has 0 aromatic heterocycles. The molecule has 0 unspecified atom stereocenters. The molecule has 118 valence electrons. The van der Waals surface area contributed by atoms with Crippen LogP contribution in [-0.2, 0) is 14.3 Å². The smallest absolute Gasteiger partial charge is 0.161 e. The molecule has 0 saturated carbocycles. The molecule has 5 heteroatoms. The van der Waals surface area contributed by atoms with Crippen LogP contribution in [0.2, 0.25) is 0 Å². The van der Waals surface area contributed by atoms with Crippen LogP contribution in [0.4, 0.5) is 0 Å². The number of aldehydes is 1. The van der Waals surface area contributed by atoms with E-state index >= 15 is 0 Å². The zero-order valence-corrected chi connectivity index (χ0v) is 13.3. The summed E-state index contributed by atoms with van der Waals surface area (Å²) in [5, 5.41) is 0. The van der Waals surface area contributed by atoms with Gasteiger partial charge in [-0.05, 0) is 23.6 Å². The molecule has 0 spiro atoms. The second-order valence-corrected chi connectivity index (χ2v) is 4.96.